The molecule has 218 valence electrons. The summed E-state index contributed by atoms with van der Waals surface area (Å²) in [4.78, 5) is 66.9. The number of carbonyl (C=O) groups is 4. The molecule has 1 aliphatic heterocycles. The largest absolute Gasteiger partial charge is 0.292 e. The summed E-state index contributed by atoms with van der Waals surface area (Å²) in [5.41, 5.74) is 3.62. The molecule has 11 heteroatoms. The van der Waals surface area contributed by atoms with Gasteiger partial charge in [-0.2, -0.15) is 5.01 Å². The molecule has 3 aliphatic carbocycles. The second kappa shape index (κ2) is 10.4. The summed E-state index contributed by atoms with van der Waals surface area (Å²) in [7, 11) is 0. The molecule has 9 nitrogen and oxygen atoms in total. The van der Waals surface area contributed by atoms with E-state index in [1.54, 1.807) is 0 Å². The first-order valence-corrected chi connectivity index (χ1v) is 14.5. The summed E-state index contributed by atoms with van der Waals surface area (Å²) in [5, 5.41) is 13.0. The topological polar surface area (TPSA) is 118 Å². The van der Waals surface area contributed by atoms with Gasteiger partial charge in [0.2, 0.25) is 0 Å². The summed E-state index contributed by atoms with van der Waals surface area (Å²) >= 11 is 12.4. The molecule has 3 amide bonds. The molecule has 1 fully saturated rings. The number of imide groups is 1. The minimum atomic E-state index is -0.843. The first-order valence-electron chi connectivity index (χ1n) is 13.8. The van der Waals surface area contributed by atoms with E-state index in [4.69, 9.17) is 23.2 Å². The SMILES string of the molecule is O=C(CN(C(=O)c1ccc(Cl)cc1Cl)N1C(=O)[C@@H]2C3c4ccccc4C(c4ccccc43)[C@H]2C1=O)c1ccc([N+](=O)[O-])cc1. The fourth-order valence-electron chi connectivity index (χ4n) is 6.93. The molecule has 0 spiro atoms. The molecule has 44 heavy (non-hydrogen) atoms. The van der Waals surface area contributed by atoms with Gasteiger partial charge in [0.05, 0.1) is 27.3 Å². The average molecular weight is 626 g/mol. The number of rotatable bonds is 6. The van der Waals surface area contributed by atoms with Crippen molar-refractivity contribution in [1.29, 1.82) is 0 Å². The maximum absolute atomic E-state index is 14.4. The zero-order valence-corrected chi connectivity index (χ0v) is 24.2. The Morgan fingerprint density at radius 2 is 1.27 bits per heavy atom. The maximum atomic E-state index is 14.4. The number of nitro benzene ring substituents is 1. The zero-order valence-electron chi connectivity index (χ0n) is 22.7. The van der Waals surface area contributed by atoms with Gasteiger partial charge in [-0.3, -0.25) is 29.3 Å². The van der Waals surface area contributed by atoms with Crippen molar-refractivity contribution in [2.45, 2.75) is 11.8 Å². The lowest BCUT2D eigenvalue weighted by Crippen LogP contribution is -2.52. The molecule has 4 aromatic rings. The Hall–Kier alpha value is -4.86. The van der Waals surface area contributed by atoms with Crippen molar-refractivity contribution >= 4 is 52.4 Å². The molecular formula is C33H21Cl2N3O6. The van der Waals surface area contributed by atoms with Gasteiger partial charge in [0, 0.05) is 34.6 Å². The summed E-state index contributed by atoms with van der Waals surface area (Å²) in [6.07, 6.45) is 0. The summed E-state index contributed by atoms with van der Waals surface area (Å²) < 4.78 is 0. The third-order valence-corrected chi connectivity index (χ3v) is 9.30. The molecule has 8 rings (SSSR count). The zero-order chi connectivity index (χ0) is 30.9. The molecule has 0 aromatic heterocycles. The first-order chi connectivity index (χ1) is 21.2. The van der Waals surface area contributed by atoms with Crippen LogP contribution in [-0.4, -0.2) is 45.0 Å². The number of halogens is 2. The van der Waals surface area contributed by atoms with Crippen LogP contribution >= 0.6 is 23.2 Å². The van der Waals surface area contributed by atoms with Crippen molar-refractivity contribution in [3.63, 3.8) is 0 Å². The van der Waals surface area contributed by atoms with Crippen LogP contribution in [0.2, 0.25) is 10.0 Å². The third-order valence-electron chi connectivity index (χ3n) is 8.76. The van der Waals surface area contributed by atoms with Crippen molar-refractivity contribution in [2.75, 3.05) is 6.54 Å². The van der Waals surface area contributed by atoms with Crippen LogP contribution in [0.5, 0.6) is 0 Å². The smallest absolute Gasteiger partial charge is 0.274 e. The van der Waals surface area contributed by atoms with Gasteiger partial charge in [-0.15, -0.1) is 0 Å². The van der Waals surface area contributed by atoms with E-state index in [0.29, 0.717) is 0 Å². The summed E-state index contributed by atoms with van der Waals surface area (Å²) in [6.45, 7) is -0.693. The van der Waals surface area contributed by atoms with Gasteiger partial charge in [0.1, 0.15) is 6.54 Å². The average Bonchev–Trinajstić information content (AvgIpc) is 3.29. The van der Waals surface area contributed by atoms with Gasteiger partial charge < -0.3 is 0 Å². The number of benzene rings is 4. The molecule has 4 aliphatic rings. The number of nitro groups is 1. The van der Waals surface area contributed by atoms with E-state index in [0.717, 1.165) is 32.3 Å². The van der Waals surface area contributed by atoms with Gasteiger partial charge in [-0.1, -0.05) is 71.7 Å². The summed E-state index contributed by atoms with van der Waals surface area (Å²) in [6, 6.07) is 24.5. The van der Waals surface area contributed by atoms with Gasteiger partial charge in [-0.25, -0.2) is 5.01 Å². The second-order valence-electron chi connectivity index (χ2n) is 11.0. The molecule has 0 saturated carbocycles. The normalized spacial score (nSPS) is 21.0. The Morgan fingerprint density at radius 3 is 1.73 bits per heavy atom. The van der Waals surface area contributed by atoms with E-state index < -0.39 is 58.6 Å². The molecule has 0 N–H and O–H groups in total. The predicted molar refractivity (Wildman–Crippen MR) is 160 cm³/mol. The van der Waals surface area contributed by atoms with Gasteiger partial charge in [0.15, 0.2) is 5.78 Å². The molecule has 2 atom stereocenters. The lowest BCUT2D eigenvalue weighted by Gasteiger charge is -2.45. The van der Waals surface area contributed by atoms with Crippen LogP contribution in [0.15, 0.2) is 91.0 Å². The van der Waals surface area contributed by atoms with Crippen LogP contribution in [0.1, 0.15) is 54.8 Å². The standard InChI is InChI=1S/C33H21Cl2N3O6/c34-18-11-14-24(25(35)15-18)31(40)36(16-26(39)17-9-12-19(13-10-17)38(43)44)37-32(41)29-27-20-5-1-2-6-21(20)28(30(29)33(37)42)23-8-4-3-7-22(23)27/h1-15,27-30H,16H2/t27?,28?,29-,30-/m1/s1. The van der Waals surface area contributed by atoms with Crippen molar-refractivity contribution in [1.82, 2.24) is 10.0 Å². The number of hydrogen-bond acceptors (Lipinski definition) is 6. The van der Waals surface area contributed by atoms with E-state index in [1.165, 1.54) is 42.5 Å². The van der Waals surface area contributed by atoms with E-state index >= 15 is 0 Å². The fourth-order valence-corrected chi connectivity index (χ4v) is 7.42. The Labute approximate surface area is 260 Å². The van der Waals surface area contributed by atoms with E-state index in [2.05, 4.69) is 0 Å². The second-order valence-corrected chi connectivity index (χ2v) is 11.8. The highest BCUT2D eigenvalue weighted by Gasteiger charge is 2.63. The predicted octanol–water partition coefficient (Wildman–Crippen LogP) is 6.03. The third kappa shape index (κ3) is 4.15. The summed E-state index contributed by atoms with van der Waals surface area (Å²) in [5.74, 6) is -5.07. The van der Waals surface area contributed by atoms with Crippen LogP contribution in [0.25, 0.3) is 0 Å². The van der Waals surface area contributed by atoms with Crippen molar-refractivity contribution in [3.05, 3.63) is 145 Å². The molecule has 1 heterocycles. The van der Waals surface area contributed by atoms with E-state index in [9.17, 15) is 29.3 Å². The van der Waals surface area contributed by atoms with E-state index in [1.807, 2.05) is 48.5 Å². The molecule has 2 bridgehead atoms. The van der Waals surface area contributed by atoms with Gasteiger partial charge in [-0.05, 0) is 52.6 Å². The number of nitrogens with zero attached hydrogens (tertiary/aromatic N) is 3. The Morgan fingerprint density at radius 1 is 0.773 bits per heavy atom. The van der Waals surface area contributed by atoms with E-state index in [-0.39, 0.29) is 26.9 Å². The Kier molecular flexibility index (Phi) is 6.60. The van der Waals surface area contributed by atoms with Crippen molar-refractivity contribution in [2.24, 2.45) is 11.8 Å². The molecule has 0 radical (unpaired) electrons. The highest BCUT2D eigenvalue weighted by molar-refractivity contribution is 6.36. The fraction of sp³-hybridized carbons (Fsp3) is 0.152. The van der Waals surface area contributed by atoms with Crippen molar-refractivity contribution in [3.8, 4) is 0 Å². The van der Waals surface area contributed by atoms with Crippen LogP contribution in [0.3, 0.4) is 0 Å². The molecule has 0 unspecified atom stereocenters. The maximum Gasteiger partial charge on any atom is 0.274 e. The Balaban J connectivity index is 1.32. The number of ketones is 1. The van der Waals surface area contributed by atoms with Crippen LogP contribution in [-0.2, 0) is 9.59 Å². The number of non-ortho nitro benzene ring substituents is 1. The number of Topliss-reactive ketones (excluding diaryl/α,β-unsaturated/α-hetero) is 1. The lowest BCUT2D eigenvalue weighted by atomic mass is 9.55. The number of amides is 3. The number of carbonyl (C=O) groups excluding carboxylic acids is 4. The first kappa shape index (κ1) is 27.9. The molecule has 1 saturated heterocycles. The minimum absolute atomic E-state index is 0.0216. The Bertz CT molecular complexity index is 1810. The lowest BCUT2D eigenvalue weighted by molar-refractivity contribution is -0.384. The van der Waals surface area contributed by atoms with Crippen molar-refractivity contribution < 1.29 is 24.1 Å². The van der Waals surface area contributed by atoms with Crippen LogP contribution < -0.4 is 0 Å². The highest BCUT2D eigenvalue weighted by Crippen LogP contribution is 2.61. The number of hydrogen-bond donors (Lipinski definition) is 0. The quantitative estimate of drug-likeness (QED) is 0.112. The van der Waals surface area contributed by atoms with Gasteiger partial charge in [0.25, 0.3) is 23.4 Å². The minimum Gasteiger partial charge on any atom is -0.292 e. The van der Waals surface area contributed by atoms with Crippen LogP contribution in [0.4, 0.5) is 5.69 Å². The van der Waals surface area contributed by atoms with Gasteiger partial charge >= 0.3 is 0 Å². The van der Waals surface area contributed by atoms with Crippen LogP contribution in [0, 0.1) is 22.0 Å². The monoisotopic (exact) mass is 625 g/mol. The number of hydrazine groups is 1. The molecular weight excluding hydrogens is 605 g/mol. The molecule has 4 aromatic carbocycles. The highest BCUT2D eigenvalue weighted by atomic mass is 35.5.